The number of carbonyl (C=O) groups excluding carboxylic acids is 1. The van der Waals surface area contributed by atoms with Gasteiger partial charge < -0.3 is 15.1 Å². The van der Waals surface area contributed by atoms with Crippen LogP contribution in [-0.2, 0) is 6.42 Å². The van der Waals surface area contributed by atoms with Gasteiger partial charge in [-0.15, -0.1) is 0 Å². The molecule has 0 atom stereocenters. The van der Waals surface area contributed by atoms with Crippen molar-refractivity contribution in [3.05, 3.63) is 53.3 Å². The number of halogens is 1. The van der Waals surface area contributed by atoms with Gasteiger partial charge in [0, 0.05) is 6.54 Å². The van der Waals surface area contributed by atoms with Gasteiger partial charge >= 0.3 is 0 Å². The first-order valence-electron chi connectivity index (χ1n) is 6.69. The normalized spacial score (nSPS) is 13.9. The number of aromatic hydroxyl groups is 2. The molecule has 2 aromatic rings. The molecular weight excluding hydrogens is 273 g/mol. The van der Waals surface area contributed by atoms with Crippen LogP contribution < -0.4 is 4.90 Å². The molecule has 108 valence electrons. The van der Waals surface area contributed by atoms with E-state index in [0.717, 1.165) is 36.6 Å². The minimum absolute atomic E-state index is 0.0106. The van der Waals surface area contributed by atoms with E-state index in [1.165, 1.54) is 11.0 Å². The highest BCUT2D eigenvalue weighted by Crippen LogP contribution is 2.37. The minimum atomic E-state index is -0.592. The van der Waals surface area contributed by atoms with Crippen molar-refractivity contribution in [2.75, 3.05) is 11.4 Å². The van der Waals surface area contributed by atoms with Gasteiger partial charge in [0.05, 0.1) is 11.3 Å². The molecule has 4 nitrogen and oxygen atoms in total. The second-order valence-corrected chi connectivity index (χ2v) is 5.01. The van der Waals surface area contributed by atoms with Gasteiger partial charge in [-0.25, -0.2) is 4.39 Å². The Kier molecular flexibility index (Phi) is 3.25. The van der Waals surface area contributed by atoms with Crippen molar-refractivity contribution in [3.63, 3.8) is 0 Å². The minimum Gasteiger partial charge on any atom is -0.507 e. The molecule has 0 aromatic heterocycles. The number of carbonyl (C=O) groups is 1. The van der Waals surface area contributed by atoms with E-state index >= 15 is 0 Å². The van der Waals surface area contributed by atoms with E-state index in [2.05, 4.69) is 0 Å². The number of nitrogens with zero attached hydrogens (tertiary/aromatic N) is 1. The van der Waals surface area contributed by atoms with E-state index in [4.69, 9.17) is 0 Å². The molecule has 21 heavy (non-hydrogen) atoms. The number of hydrogen-bond acceptors (Lipinski definition) is 3. The van der Waals surface area contributed by atoms with Crippen LogP contribution in [0.5, 0.6) is 11.5 Å². The van der Waals surface area contributed by atoms with Crippen molar-refractivity contribution in [3.8, 4) is 11.5 Å². The molecule has 0 aliphatic carbocycles. The van der Waals surface area contributed by atoms with Gasteiger partial charge in [-0.2, -0.15) is 0 Å². The summed E-state index contributed by atoms with van der Waals surface area (Å²) in [5.74, 6) is -1.37. The van der Waals surface area contributed by atoms with Gasteiger partial charge in [-0.1, -0.05) is 12.1 Å². The Morgan fingerprint density at radius 1 is 1.14 bits per heavy atom. The number of benzene rings is 2. The smallest absolute Gasteiger partial charge is 0.262 e. The zero-order valence-corrected chi connectivity index (χ0v) is 11.2. The zero-order chi connectivity index (χ0) is 15.0. The Labute approximate surface area is 121 Å². The molecule has 0 saturated heterocycles. The number of amides is 1. The molecule has 5 heteroatoms. The Bertz CT molecular complexity index is 715. The van der Waals surface area contributed by atoms with E-state index in [-0.39, 0.29) is 17.1 Å². The molecule has 0 spiro atoms. The van der Waals surface area contributed by atoms with Crippen LogP contribution in [0.3, 0.4) is 0 Å². The van der Waals surface area contributed by atoms with Crippen LogP contribution in [0.1, 0.15) is 22.3 Å². The number of hydrogen-bond donors (Lipinski definition) is 2. The lowest BCUT2D eigenvalue weighted by atomic mass is 10.00. The van der Waals surface area contributed by atoms with Crippen LogP contribution in [0.2, 0.25) is 0 Å². The molecule has 3 rings (SSSR count). The van der Waals surface area contributed by atoms with Gasteiger partial charge in [0.2, 0.25) is 0 Å². The van der Waals surface area contributed by atoms with Crippen LogP contribution >= 0.6 is 0 Å². The molecule has 0 saturated carbocycles. The standard InChI is InChI=1S/C16H14FNO3/c17-11-6-7-13(19)12(9-11)16(21)18-8-2-4-10-3-1-5-14(20)15(10)18/h1,3,5-7,9,19-20H,2,4,8H2. The molecule has 0 radical (unpaired) electrons. The van der Waals surface area contributed by atoms with Crippen molar-refractivity contribution in [2.45, 2.75) is 12.8 Å². The fraction of sp³-hybridized carbons (Fsp3) is 0.188. The average Bonchev–Trinajstić information content (AvgIpc) is 2.49. The highest BCUT2D eigenvalue weighted by Gasteiger charge is 2.27. The number of rotatable bonds is 1. The third kappa shape index (κ3) is 2.31. The first kappa shape index (κ1) is 13.4. The number of aryl methyl sites for hydroxylation is 1. The molecular formula is C16H14FNO3. The van der Waals surface area contributed by atoms with Gasteiger partial charge in [0.1, 0.15) is 17.3 Å². The van der Waals surface area contributed by atoms with Gasteiger partial charge in [-0.3, -0.25) is 4.79 Å². The highest BCUT2D eigenvalue weighted by molar-refractivity contribution is 6.09. The maximum Gasteiger partial charge on any atom is 0.262 e. The Morgan fingerprint density at radius 2 is 1.95 bits per heavy atom. The van der Waals surface area contributed by atoms with Crippen LogP contribution in [-0.4, -0.2) is 22.7 Å². The van der Waals surface area contributed by atoms with Crippen molar-refractivity contribution in [1.29, 1.82) is 0 Å². The molecule has 2 aromatic carbocycles. The number of fused-ring (bicyclic) bond motifs is 1. The maximum absolute atomic E-state index is 13.3. The van der Waals surface area contributed by atoms with Crippen molar-refractivity contribution in [2.24, 2.45) is 0 Å². The Hall–Kier alpha value is -2.56. The third-order valence-electron chi connectivity index (χ3n) is 3.63. The lowest BCUT2D eigenvalue weighted by molar-refractivity contribution is 0.0981. The molecule has 0 bridgehead atoms. The summed E-state index contributed by atoms with van der Waals surface area (Å²) in [5, 5.41) is 19.8. The number of phenolic OH excluding ortho intramolecular Hbond substituents is 2. The first-order chi connectivity index (χ1) is 10.1. The van der Waals surface area contributed by atoms with Crippen molar-refractivity contribution >= 4 is 11.6 Å². The van der Waals surface area contributed by atoms with Crippen LogP contribution in [0.15, 0.2) is 36.4 Å². The van der Waals surface area contributed by atoms with Crippen LogP contribution in [0, 0.1) is 5.82 Å². The van der Waals surface area contributed by atoms with E-state index in [0.29, 0.717) is 12.2 Å². The molecule has 2 N–H and O–H groups in total. The van der Waals surface area contributed by atoms with Gasteiger partial charge in [-0.05, 0) is 42.7 Å². The quantitative estimate of drug-likeness (QED) is 0.848. The maximum atomic E-state index is 13.3. The summed E-state index contributed by atoms with van der Waals surface area (Å²) in [5.41, 5.74) is 1.20. The summed E-state index contributed by atoms with van der Waals surface area (Å²) >= 11 is 0. The molecule has 1 heterocycles. The largest absolute Gasteiger partial charge is 0.507 e. The average molecular weight is 287 g/mol. The van der Waals surface area contributed by atoms with E-state index in [1.54, 1.807) is 6.07 Å². The summed E-state index contributed by atoms with van der Waals surface area (Å²) in [6.07, 6.45) is 1.51. The van der Waals surface area contributed by atoms with E-state index in [9.17, 15) is 19.4 Å². The first-order valence-corrected chi connectivity index (χ1v) is 6.69. The molecule has 1 aliphatic rings. The Balaban J connectivity index is 2.06. The van der Waals surface area contributed by atoms with Gasteiger partial charge in [0.25, 0.3) is 5.91 Å². The topological polar surface area (TPSA) is 60.8 Å². The van der Waals surface area contributed by atoms with Crippen LogP contribution in [0.25, 0.3) is 0 Å². The molecule has 0 fully saturated rings. The fourth-order valence-corrected chi connectivity index (χ4v) is 2.66. The van der Waals surface area contributed by atoms with E-state index < -0.39 is 11.7 Å². The predicted octanol–water partition coefficient (Wildman–Crippen LogP) is 2.83. The lowest BCUT2D eigenvalue weighted by Gasteiger charge is -2.30. The SMILES string of the molecule is O=C(c1cc(F)ccc1O)N1CCCc2cccc(O)c21. The van der Waals surface area contributed by atoms with Crippen LogP contribution in [0.4, 0.5) is 10.1 Å². The number of phenols is 2. The third-order valence-corrected chi connectivity index (χ3v) is 3.63. The summed E-state index contributed by atoms with van der Waals surface area (Å²) in [6, 6.07) is 8.33. The number of anilines is 1. The van der Waals surface area contributed by atoms with E-state index in [1.807, 2.05) is 6.07 Å². The summed E-state index contributed by atoms with van der Waals surface area (Å²) in [4.78, 5) is 14.0. The summed E-state index contributed by atoms with van der Waals surface area (Å²) < 4.78 is 13.3. The monoisotopic (exact) mass is 287 g/mol. The highest BCUT2D eigenvalue weighted by atomic mass is 19.1. The Morgan fingerprint density at radius 3 is 2.76 bits per heavy atom. The second-order valence-electron chi connectivity index (χ2n) is 5.01. The van der Waals surface area contributed by atoms with Crippen molar-refractivity contribution < 1.29 is 19.4 Å². The molecule has 1 aliphatic heterocycles. The second kappa shape index (κ2) is 5.09. The van der Waals surface area contributed by atoms with Crippen molar-refractivity contribution in [1.82, 2.24) is 0 Å². The fourth-order valence-electron chi connectivity index (χ4n) is 2.66. The summed E-state index contributed by atoms with van der Waals surface area (Å²) in [6.45, 7) is 0.416. The predicted molar refractivity (Wildman–Crippen MR) is 76.2 cm³/mol. The van der Waals surface area contributed by atoms with Gasteiger partial charge in [0.15, 0.2) is 0 Å². The zero-order valence-electron chi connectivity index (χ0n) is 11.2. The summed E-state index contributed by atoms with van der Waals surface area (Å²) in [7, 11) is 0. The molecule has 0 unspecified atom stereocenters. The lowest BCUT2D eigenvalue weighted by Crippen LogP contribution is -2.35. The molecule has 1 amide bonds. The number of para-hydroxylation sites is 1.